The molecule has 96 heavy (non-hydrogen) atoms. The first-order chi connectivity index (χ1) is 46.3. The Morgan fingerprint density at radius 2 is 1.02 bits per heavy atom. The second kappa shape index (κ2) is 48.7. The van der Waals surface area contributed by atoms with Crippen molar-refractivity contribution in [2.75, 3.05) is 104 Å². The minimum absolute atomic E-state index is 0.0185. The average Bonchev–Trinajstić information content (AvgIpc) is 0.846. The van der Waals surface area contributed by atoms with Crippen molar-refractivity contribution < 1.29 is 98.4 Å². The van der Waals surface area contributed by atoms with Crippen LogP contribution in [0.4, 0.5) is 0 Å². The van der Waals surface area contributed by atoms with Gasteiger partial charge >= 0.3 is 35.5 Å². The number of methoxy groups -OCH3 is 4. The summed E-state index contributed by atoms with van der Waals surface area (Å²) in [5.41, 5.74) is 9.60. The Morgan fingerprint density at radius 3 is 1.46 bits per heavy atom. The molecule has 0 radical (unpaired) electrons. The molecular weight excluding hydrogens is 1270 g/mol. The number of carbonyl (C=O) groups excluding carboxylic acids is 6. The number of ether oxygens (including phenoxy) is 7. The van der Waals surface area contributed by atoms with Crippen molar-refractivity contribution in [3.63, 3.8) is 0 Å². The molecule has 0 saturated carbocycles. The zero-order chi connectivity index (χ0) is 71.0. The molecule has 3 N–H and O–H groups in total. The summed E-state index contributed by atoms with van der Waals surface area (Å²) in [4.78, 5) is 73.9. The number of aliphatic hydroxyl groups excluding tert-OH is 1. The first-order valence-corrected chi connectivity index (χ1v) is 35.2. The largest absolute Gasteiger partial charge is 0.500 e. The van der Waals surface area contributed by atoms with E-state index in [1.54, 1.807) is 71.1 Å². The fraction of sp³-hybridized carbons (Fsp3) is 0.437. The van der Waals surface area contributed by atoms with E-state index >= 15 is 0 Å². The zero-order valence-corrected chi connectivity index (χ0v) is 59.5. The van der Waals surface area contributed by atoms with Gasteiger partial charge in [-0.15, -0.1) is 5.06 Å². The monoisotopic (exact) mass is 1370 g/mol. The van der Waals surface area contributed by atoms with E-state index in [2.05, 4.69) is 34.9 Å². The Bertz CT molecular complexity index is 2900. The van der Waals surface area contributed by atoms with Crippen LogP contribution in [0.25, 0.3) is 0 Å². The summed E-state index contributed by atoms with van der Waals surface area (Å²) < 4.78 is 69.4. The van der Waals surface area contributed by atoms with E-state index in [1.807, 2.05) is 127 Å². The van der Waals surface area contributed by atoms with Crippen LogP contribution in [0.1, 0.15) is 93.7 Å². The number of unbranched alkanes of at least 4 members (excludes halogenated alkanes) is 1. The van der Waals surface area contributed by atoms with E-state index in [4.69, 9.17) is 65.8 Å². The third kappa shape index (κ3) is 31.3. The van der Waals surface area contributed by atoms with Crippen LogP contribution in [-0.2, 0) is 91.1 Å². The van der Waals surface area contributed by atoms with E-state index in [9.17, 15) is 28.8 Å². The van der Waals surface area contributed by atoms with E-state index in [1.165, 1.54) is 5.56 Å². The van der Waals surface area contributed by atoms with Gasteiger partial charge in [0.1, 0.15) is 47.6 Å². The number of nitrogens with zero attached hydrogens (tertiary/aromatic N) is 1. The molecule has 1 aliphatic carbocycles. The van der Waals surface area contributed by atoms with Crippen LogP contribution in [0.5, 0.6) is 17.2 Å². The molecule has 0 atom stereocenters. The number of allylic oxidation sites excluding steroid dienone is 6. The standard InChI is InChI=1S/C34H46O9Si.C15H18O2.C10H13NO7.C6H17NO3Si.C6H6/c1-37-31-19-14-28(15-20-31)34(27-11-7-6-8-12-27,29-16-21-32(38-2)22-17-29)43-25-24-42-33(36)23-18-30(35)13-9-10-26-44(39-3,40-4)41-5;1-12(5-6-13(2)16-3)11-14-7-9-15(17-4)10-8-14;12-5-6-17-9(15)3-4-10(16)18-11-7(13)1-2-8(11)14;1-8-11(9-2,10-3)6-4-5-7;1-2-4-6-5-3-1/h6-7,11,14-17,19-22H,8-10,12-13,18,23-26H2,1-5H3;5-10H,1-2,11H2,3-4H3;12H,1-6H2;4-7H2,1-3H3;1-6H/b;6-5-;;;. The highest BCUT2D eigenvalue weighted by Crippen LogP contribution is 2.44. The topological polar surface area (TPSA) is 281 Å². The highest BCUT2D eigenvalue weighted by atomic mass is 28.4. The van der Waals surface area contributed by atoms with Crippen molar-refractivity contribution in [1.29, 1.82) is 0 Å². The molecular formula is C71H100N2O21Si2. The van der Waals surface area contributed by atoms with Gasteiger partial charge in [-0.05, 0) is 110 Å². The van der Waals surface area contributed by atoms with Crippen molar-refractivity contribution in [1.82, 2.24) is 5.06 Å². The van der Waals surface area contributed by atoms with Crippen LogP contribution in [0.2, 0.25) is 12.1 Å². The van der Waals surface area contributed by atoms with Crippen molar-refractivity contribution in [3.8, 4) is 17.2 Å². The second-order valence-electron chi connectivity index (χ2n) is 20.9. The molecule has 0 unspecified atom stereocenters. The molecule has 0 spiro atoms. The molecule has 528 valence electrons. The maximum atomic E-state index is 12.5. The Hall–Kier alpha value is -7.93. The summed E-state index contributed by atoms with van der Waals surface area (Å²) in [6.07, 6.45) is 14.8. The normalized spacial score (nSPS) is 12.6. The number of imide groups is 1. The van der Waals surface area contributed by atoms with Gasteiger partial charge in [0, 0.05) is 80.4 Å². The minimum Gasteiger partial charge on any atom is -0.497 e. The first kappa shape index (κ1) is 84.2. The predicted molar refractivity (Wildman–Crippen MR) is 367 cm³/mol. The number of hydrogen-bond acceptors (Lipinski definition) is 22. The Balaban J connectivity index is 0.000000490. The van der Waals surface area contributed by atoms with Crippen LogP contribution < -0.4 is 19.9 Å². The van der Waals surface area contributed by atoms with E-state index in [0.717, 1.165) is 77.7 Å². The summed E-state index contributed by atoms with van der Waals surface area (Å²) in [6.45, 7) is 8.11. The van der Waals surface area contributed by atoms with Crippen LogP contribution in [-0.4, -0.2) is 167 Å². The number of rotatable bonds is 38. The van der Waals surface area contributed by atoms with Gasteiger partial charge in [0.2, 0.25) is 0 Å². The summed E-state index contributed by atoms with van der Waals surface area (Å²) in [5, 5.41) is 8.81. The summed E-state index contributed by atoms with van der Waals surface area (Å²) in [5.74, 6) is -0.101. The molecule has 25 heteroatoms. The van der Waals surface area contributed by atoms with Crippen LogP contribution in [0, 0.1) is 0 Å². The number of amides is 2. The van der Waals surface area contributed by atoms with Gasteiger partial charge in [-0.25, -0.2) is 4.79 Å². The fourth-order valence-electron chi connectivity index (χ4n) is 9.20. The highest BCUT2D eigenvalue weighted by Gasteiger charge is 2.41. The maximum absolute atomic E-state index is 12.5. The van der Waals surface area contributed by atoms with E-state index in [-0.39, 0.29) is 70.7 Å². The zero-order valence-electron chi connectivity index (χ0n) is 57.5. The Morgan fingerprint density at radius 1 is 0.562 bits per heavy atom. The smallest absolute Gasteiger partial charge is 0.497 e. The van der Waals surface area contributed by atoms with Crippen molar-refractivity contribution in [3.05, 3.63) is 186 Å². The lowest BCUT2D eigenvalue weighted by Gasteiger charge is -2.38. The lowest BCUT2D eigenvalue weighted by Crippen LogP contribution is -2.42. The molecule has 1 aliphatic heterocycles. The molecule has 6 rings (SSSR count). The van der Waals surface area contributed by atoms with Gasteiger partial charge in [-0.3, -0.25) is 24.0 Å². The molecule has 2 amide bonds. The van der Waals surface area contributed by atoms with Crippen molar-refractivity contribution in [2.45, 2.75) is 101 Å². The number of ketones is 1. The first-order valence-electron chi connectivity index (χ1n) is 31.3. The number of carbonyl (C=O) groups is 6. The number of esters is 2. The molecule has 0 bridgehead atoms. The SMILES string of the molecule is C=C(/C=C\C(=C)OC)Cc1ccc(OC)cc1.CO[Si](CCCN)(OC)OC.COc1ccc(C(OCCOC(=O)CCC(=O)CCCC[Si](OC)(OC)OC)(C2=CC=CCC2)c2ccc(OC)cc2)cc1.O=C(CCC(=O)ON1C(=O)CCC1=O)OCCO.c1ccccc1. The van der Waals surface area contributed by atoms with Crippen molar-refractivity contribution >= 4 is 53.1 Å². The van der Waals surface area contributed by atoms with E-state index < -0.39 is 52.9 Å². The van der Waals surface area contributed by atoms with Gasteiger partial charge in [0.05, 0.1) is 60.9 Å². The fourth-order valence-corrected chi connectivity index (χ4v) is 12.7. The molecule has 1 saturated heterocycles. The molecule has 4 aromatic rings. The molecule has 2 aliphatic rings. The van der Waals surface area contributed by atoms with Crippen molar-refractivity contribution in [2.24, 2.45) is 5.73 Å². The quantitative estimate of drug-likeness (QED) is 0.0105. The highest BCUT2D eigenvalue weighted by molar-refractivity contribution is 6.60. The van der Waals surface area contributed by atoms with Gasteiger partial charge in [-0.1, -0.05) is 116 Å². The Kier molecular flexibility index (Phi) is 42.7. The van der Waals surface area contributed by atoms with E-state index in [0.29, 0.717) is 36.3 Å². The number of benzene rings is 4. The van der Waals surface area contributed by atoms with Gasteiger partial charge in [0.25, 0.3) is 11.8 Å². The predicted octanol–water partition coefficient (Wildman–Crippen LogP) is 10.5. The molecule has 4 aromatic carbocycles. The minimum atomic E-state index is -2.64. The lowest BCUT2D eigenvalue weighted by atomic mass is 9.76. The summed E-state index contributed by atoms with van der Waals surface area (Å²) in [6, 6.07) is 37.0. The van der Waals surface area contributed by atoms with Gasteiger partial charge < -0.3 is 75.4 Å². The molecule has 1 heterocycles. The maximum Gasteiger partial charge on any atom is 0.500 e. The third-order valence-electron chi connectivity index (χ3n) is 14.6. The number of Topliss-reactive ketones (excluding diaryl/α,β-unsaturated/α-hetero) is 1. The summed E-state index contributed by atoms with van der Waals surface area (Å²) in [7, 11) is 11.1. The van der Waals surface area contributed by atoms with Crippen LogP contribution in [0.3, 0.4) is 0 Å². The molecule has 0 aromatic heterocycles. The number of nitrogens with two attached hydrogens (primary N) is 1. The lowest BCUT2D eigenvalue weighted by molar-refractivity contribution is -0.197. The third-order valence-corrected chi connectivity index (χ3v) is 20.2. The second-order valence-corrected chi connectivity index (χ2v) is 27.1. The molecule has 1 fully saturated rings. The number of hydrogen-bond donors (Lipinski definition) is 2. The summed E-state index contributed by atoms with van der Waals surface area (Å²) >= 11 is 0. The number of aliphatic hydroxyl groups is 1. The average molecular weight is 1370 g/mol. The van der Waals surface area contributed by atoms with Crippen LogP contribution >= 0.6 is 0 Å². The molecule has 23 nitrogen and oxygen atoms in total. The van der Waals surface area contributed by atoms with Gasteiger partial charge in [0.15, 0.2) is 0 Å². The van der Waals surface area contributed by atoms with Gasteiger partial charge in [-0.2, -0.15) is 0 Å². The Labute approximate surface area is 568 Å². The van der Waals surface area contributed by atoms with Crippen LogP contribution in [0.15, 0.2) is 170 Å². The number of hydroxylamine groups is 2.